The van der Waals surface area contributed by atoms with Crippen LogP contribution < -0.4 is 5.32 Å². The molecule has 2 aliphatic rings. The molecule has 1 saturated heterocycles. The number of aliphatic hydroxyl groups is 1. The van der Waals surface area contributed by atoms with Crippen LogP contribution in [0.4, 0.5) is 0 Å². The molecule has 1 unspecified atom stereocenters. The van der Waals surface area contributed by atoms with Crippen molar-refractivity contribution >= 4 is 5.91 Å². The number of hydrogen-bond acceptors (Lipinski definition) is 6. The molecule has 1 fully saturated rings. The first kappa shape index (κ1) is 28.4. The summed E-state index contributed by atoms with van der Waals surface area (Å²) >= 11 is 0. The van der Waals surface area contributed by atoms with Crippen LogP contribution in [-0.2, 0) is 17.6 Å². The number of ether oxygens (including phenoxy) is 1. The highest BCUT2D eigenvalue weighted by Gasteiger charge is 2.43. The quantitative estimate of drug-likeness (QED) is 0.318. The zero-order valence-electron chi connectivity index (χ0n) is 22.5. The van der Waals surface area contributed by atoms with Gasteiger partial charge in [0.1, 0.15) is 0 Å². The Hall–Kier alpha value is -3.59. The number of rotatable bonds is 9. The highest BCUT2D eigenvalue weighted by molar-refractivity contribution is 5.99. The van der Waals surface area contributed by atoms with E-state index in [1.165, 1.54) is 5.56 Å². The molecule has 8 nitrogen and oxygen atoms in total. The zero-order valence-corrected chi connectivity index (χ0v) is 22.5. The minimum atomic E-state index is -0.832. The molecule has 5 rings (SSSR count). The molecule has 1 amide bonds. The summed E-state index contributed by atoms with van der Waals surface area (Å²) in [5.41, 5.74) is 3.77. The molecule has 0 aliphatic carbocycles. The summed E-state index contributed by atoms with van der Waals surface area (Å²) < 4.78 is 5.31. The second-order valence-electron chi connectivity index (χ2n) is 10.3. The number of methoxy groups -OCH3 is 1. The normalized spacial score (nSPS) is 21.6. The molecule has 2 aliphatic heterocycles. The van der Waals surface area contributed by atoms with E-state index in [1.807, 2.05) is 73.7 Å². The molecule has 3 aromatic rings. The van der Waals surface area contributed by atoms with Gasteiger partial charge in [-0.1, -0.05) is 85.8 Å². The van der Waals surface area contributed by atoms with Crippen LogP contribution in [0.5, 0.6) is 0 Å². The fourth-order valence-electron chi connectivity index (χ4n) is 5.53. The van der Waals surface area contributed by atoms with Crippen molar-refractivity contribution in [2.24, 2.45) is 11.8 Å². The molecule has 0 spiro atoms. The van der Waals surface area contributed by atoms with Crippen LogP contribution in [-0.4, -0.2) is 59.7 Å². The first-order valence-corrected chi connectivity index (χ1v) is 13.4. The van der Waals surface area contributed by atoms with Crippen molar-refractivity contribution in [3.63, 3.8) is 0 Å². The summed E-state index contributed by atoms with van der Waals surface area (Å²) in [5, 5.41) is 24.4. The van der Waals surface area contributed by atoms with Crippen molar-refractivity contribution in [3.05, 3.63) is 117 Å². The molecular weight excluding hydrogens is 494 g/mol. The van der Waals surface area contributed by atoms with Crippen LogP contribution in [0.15, 0.2) is 84.9 Å². The Morgan fingerprint density at radius 3 is 2.23 bits per heavy atom. The van der Waals surface area contributed by atoms with Crippen molar-refractivity contribution < 1.29 is 19.6 Å². The van der Waals surface area contributed by atoms with E-state index in [-0.39, 0.29) is 35.4 Å². The number of benzene rings is 3. The molecule has 39 heavy (non-hydrogen) atoms. The molecule has 3 aromatic carbocycles. The minimum Gasteiger partial charge on any atom is -0.381 e. The van der Waals surface area contributed by atoms with Crippen molar-refractivity contribution in [2.45, 2.75) is 38.1 Å². The summed E-state index contributed by atoms with van der Waals surface area (Å²) in [7, 11) is 1.60. The lowest BCUT2D eigenvalue weighted by Gasteiger charge is -2.31. The van der Waals surface area contributed by atoms with Gasteiger partial charge in [0.25, 0.3) is 5.91 Å². The second kappa shape index (κ2) is 13.5. The maximum absolute atomic E-state index is 12.7. The van der Waals surface area contributed by atoms with Gasteiger partial charge in [0, 0.05) is 42.2 Å². The van der Waals surface area contributed by atoms with Crippen LogP contribution >= 0.6 is 0 Å². The first-order chi connectivity index (χ1) is 18.9. The monoisotopic (exact) mass is 531 g/mol. The lowest BCUT2D eigenvalue weighted by Crippen LogP contribution is -2.43. The van der Waals surface area contributed by atoms with E-state index in [9.17, 15) is 20.0 Å². The molecule has 2 heterocycles. The SMILES string of the molecule is CO[C@@H](Cc1ccccc1)[C@H](C)C[N+](=O)[O-].O=C1c2ccccc2C(O)N1[C@@H]1CNC[C@H]1Cc1ccccc1. The fraction of sp³-hybridized carbons (Fsp3) is 0.387. The third-order valence-corrected chi connectivity index (χ3v) is 7.62. The third-order valence-electron chi connectivity index (χ3n) is 7.62. The van der Waals surface area contributed by atoms with Crippen molar-refractivity contribution in [1.82, 2.24) is 10.2 Å². The fourth-order valence-corrected chi connectivity index (χ4v) is 5.53. The molecule has 206 valence electrons. The summed E-state index contributed by atoms with van der Waals surface area (Å²) in [5.74, 6) is 0.172. The van der Waals surface area contributed by atoms with Gasteiger partial charge < -0.3 is 20.1 Å². The van der Waals surface area contributed by atoms with E-state index in [0.717, 1.165) is 30.6 Å². The number of aliphatic hydroxyl groups excluding tert-OH is 1. The average Bonchev–Trinajstić information content (AvgIpc) is 3.49. The third kappa shape index (κ3) is 7.09. The second-order valence-corrected chi connectivity index (χ2v) is 10.3. The minimum absolute atomic E-state index is 0.0186. The molecular formula is C31H37N3O5. The van der Waals surface area contributed by atoms with Crippen LogP contribution in [0.1, 0.15) is 40.2 Å². The van der Waals surface area contributed by atoms with Crippen molar-refractivity contribution in [3.8, 4) is 0 Å². The molecule has 0 radical (unpaired) electrons. The summed E-state index contributed by atoms with van der Waals surface area (Å²) in [6, 6.07) is 27.6. The summed E-state index contributed by atoms with van der Waals surface area (Å²) in [6.07, 6.45) is 0.687. The van der Waals surface area contributed by atoms with Gasteiger partial charge in [-0.2, -0.15) is 0 Å². The number of nitrogens with one attached hydrogen (secondary N) is 1. The van der Waals surface area contributed by atoms with Gasteiger partial charge in [-0.3, -0.25) is 14.9 Å². The number of carbonyl (C=O) groups excluding carboxylic acids is 1. The highest BCUT2D eigenvalue weighted by atomic mass is 16.6. The molecule has 8 heteroatoms. The predicted octanol–water partition coefficient (Wildman–Crippen LogP) is 4.12. The molecule has 0 bridgehead atoms. The van der Waals surface area contributed by atoms with Crippen LogP contribution in [0.25, 0.3) is 0 Å². The number of amides is 1. The molecule has 5 atom stereocenters. The van der Waals surface area contributed by atoms with E-state index < -0.39 is 6.23 Å². The molecule has 0 aromatic heterocycles. The maximum atomic E-state index is 12.7. The summed E-state index contributed by atoms with van der Waals surface area (Å²) in [4.78, 5) is 24.5. The Labute approximate surface area is 229 Å². The van der Waals surface area contributed by atoms with Gasteiger partial charge in [-0.25, -0.2) is 0 Å². The molecule has 0 saturated carbocycles. The smallest absolute Gasteiger partial charge is 0.256 e. The van der Waals surface area contributed by atoms with Gasteiger partial charge in [-0.15, -0.1) is 0 Å². The van der Waals surface area contributed by atoms with Gasteiger partial charge in [0.05, 0.1) is 12.1 Å². The zero-order chi connectivity index (χ0) is 27.8. The topological polar surface area (TPSA) is 105 Å². The Bertz CT molecular complexity index is 1220. The van der Waals surface area contributed by atoms with Crippen LogP contribution in [0.3, 0.4) is 0 Å². The van der Waals surface area contributed by atoms with Gasteiger partial charge in [0.15, 0.2) is 6.23 Å². The van der Waals surface area contributed by atoms with Crippen LogP contribution in [0.2, 0.25) is 0 Å². The van der Waals surface area contributed by atoms with E-state index in [4.69, 9.17) is 4.74 Å². The largest absolute Gasteiger partial charge is 0.381 e. The van der Waals surface area contributed by atoms with Gasteiger partial charge in [-0.05, 0) is 36.0 Å². The van der Waals surface area contributed by atoms with Gasteiger partial charge in [0.2, 0.25) is 6.54 Å². The predicted molar refractivity (Wildman–Crippen MR) is 150 cm³/mol. The van der Waals surface area contributed by atoms with E-state index in [0.29, 0.717) is 17.9 Å². The van der Waals surface area contributed by atoms with Crippen molar-refractivity contribution in [2.75, 3.05) is 26.7 Å². The standard InChI is InChI=1S/C19H20N2O2.C12H17NO3/c22-18-15-8-4-5-9-16(15)19(23)21(18)17-12-20-11-14(17)10-13-6-2-1-3-7-13;1-10(9-13(14)15)12(16-2)8-11-6-4-3-5-7-11/h1-9,14,17-18,20,22H,10-12H2;3-7,10,12H,8-9H2,1-2H3/t14-,17-,18?;10-,12+/m11/s1. The highest BCUT2D eigenvalue weighted by Crippen LogP contribution is 2.36. The maximum Gasteiger partial charge on any atom is 0.256 e. The lowest BCUT2D eigenvalue weighted by atomic mass is 9.94. The number of carbonyl (C=O) groups is 1. The number of fused-ring (bicyclic) bond motifs is 1. The first-order valence-electron chi connectivity index (χ1n) is 13.4. The van der Waals surface area contributed by atoms with Crippen LogP contribution in [0, 0.1) is 22.0 Å². The summed E-state index contributed by atoms with van der Waals surface area (Å²) in [6.45, 7) is 3.39. The van der Waals surface area contributed by atoms with Gasteiger partial charge >= 0.3 is 0 Å². The number of nitro groups is 1. The Balaban J connectivity index is 0.000000195. The van der Waals surface area contributed by atoms with E-state index in [1.54, 1.807) is 18.1 Å². The lowest BCUT2D eigenvalue weighted by molar-refractivity contribution is -0.489. The number of hydrogen-bond donors (Lipinski definition) is 2. The number of nitrogens with zero attached hydrogens (tertiary/aromatic N) is 2. The Kier molecular flexibility index (Phi) is 9.81. The Morgan fingerprint density at radius 2 is 1.62 bits per heavy atom. The van der Waals surface area contributed by atoms with Crippen molar-refractivity contribution in [1.29, 1.82) is 0 Å². The Morgan fingerprint density at radius 1 is 1.00 bits per heavy atom. The molecule has 2 N–H and O–H groups in total. The van der Waals surface area contributed by atoms with E-state index >= 15 is 0 Å². The average molecular weight is 532 g/mol. The van der Waals surface area contributed by atoms with E-state index in [2.05, 4.69) is 17.4 Å².